The van der Waals surface area contributed by atoms with E-state index in [0.717, 1.165) is 5.56 Å². The van der Waals surface area contributed by atoms with E-state index in [4.69, 9.17) is 15.8 Å². The molecule has 1 aromatic rings. The summed E-state index contributed by atoms with van der Waals surface area (Å²) in [7, 11) is 0. The molecule has 0 aliphatic carbocycles. The van der Waals surface area contributed by atoms with Crippen LogP contribution in [0, 0.1) is 11.3 Å². The normalized spacial score (nSPS) is 26.4. The Morgan fingerprint density at radius 2 is 2.20 bits per heavy atom. The summed E-state index contributed by atoms with van der Waals surface area (Å²) in [5, 5.41) is 10.4. The van der Waals surface area contributed by atoms with Crippen LogP contribution in [0.25, 0.3) is 0 Å². The third kappa shape index (κ3) is 2.34. The molecule has 15 heavy (non-hydrogen) atoms. The lowest BCUT2D eigenvalue weighted by atomic mass is 10.2. The van der Waals surface area contributed by atoms with E-state index in [0.29, 0.717) is 13.0 Å². The number of rotatable bonds is 2. The van der Waals surface area contributed by atoms with Crippen LogP contribution >= 0.6 is 0 Å². The predicted molar refractivity (Wildman–Crippen MR) is 55.1 cm³/mol. The topological polar surface area (TPSA) is 62.3 Å². The molecule has 2 atom stereocenters. The minimum absolute atomic E-state index is 0.185. The van der Waals surface area contributed by atoms with Gasteiger partial charge in [0.15, 0.2) is 6.10 Å². The Kier molecular flexibility index (Phi) is 2.97. The summed E-state index contributed by atoms with van der Waals surface area (Å²) in [6, 6.07) is 12.0. The maximum absolute atomic E-state index is 8.71. The SMILES string of the molecule is N#CC1C[C@@H](N)N(Cc2ccccc2)O1. The predicted octanol–water partition coefficient (Wildman–Crippen LogP) is 1.00. The zero-order valence-corrected chi connectivity index (χ0v) is 8.34. The van der Waals surface area contributed by atoms with Gasteiger partial charge in [0.25, 0.3) is 0 Å². The second-order valence-corrected chi connectivity index (χ2v) is 3.59. The second-order valence-electron chi connectivity index (χ2n) is 3.59. The molecule has 0 aromatic heterocycles. The Balaban J connectivity index is 1.99. The van der Waals surface area contributed by atoms with Gasteiger partial charge in [-0.1, -0.05) is 30.3 Å². The van der Waals surface area contributed by atoms with Gasteiger partial charge in [0.1, 0.15) is 0 Å². The lowest BCUT2D eigenvalue weighted by Gasteiger charge is -2.18. The van der Waals surface area contributed by atoms with Crippen LogP contribution < -0.4 is 5.73 Å². The van der Waals surface area contributed by atoms with Crippen LogP contribution in [0.4, 0.5) is 0 Å². The first-order chi connectivity index (χ1) is 7.29. The van der Waals surface area contributed by atoms with E-state index in [-0.39, 0.29) is 6.17 Å². The Bertz CT molecular complexity index is 360. The maximum atomic E-state index is 8.71. The number of nitrogens with two attached hydrogens (primary N) is 1. The van der Waals surface area contributed by atoms with Crippen LogP contribution in [0.3, 0.4) is 0 Å². The Morgan fingerprint density at radius 3 is 2.80 bits per heavy atom. The van der Waals surface area contributed by atoms with E-state index in [1.807, 2.05) is 30.3 Å². The summed E-state index contributed by atoms with van der Waals surface area (Å²) < 4.78 is 0. The van der Waals surface area contributed by atoms with Crippen LogP contribution in [0.5, 0.6) is 0 Å². The Hall–Kier alpha value is -1.41. The van der Waals surface area contributed by atoms with Crippen molar-refractivity contribution in [3.63, 3.8) is 0 Å². The van der Waals surface area contributed by atoms with Crippen molar-refractivity contribution in [1.82, 2.24) is 5.06 Å². The van der Waals surface area contributed by atoms with Gasteiger partial charge in [-0.15, -0.1) is 0 Å². The summed E-state index contributed by atoms with van der Waals surface area (Å²) in [4.78, 5) is 5.37. The van der Waals surface area contributed by atoms with Gasteiger partial charge in [-0.3, -0.25) is 4.84 Å². The highest BCUT2D eigenvalue weighted by Crippen LogP contribution is 2.19. The molecule has 4 nitrogen and oxygen atoms in total. The molecule has 0 spiro atoms. The maximum Gasteiger partial charge on any atom is 0.168 e. The van der Waals surface area contributed by atoms with Crippen LogP contribution in [0.1, 0.15) is 12.0 Å². The van der Waals surface area contributed by atoms with Gasteiger partial charge in [0, 0.05) is 6.42 Å². The quantitative estimate of drug-likeness (QED) is 0.779. The molecule has 1 aliphatic rings. The molecule has 0 amide bonds. The third-order valence-corrected chi connectivity index (χ3v) is 2.41. The smallest absolute Gasteiger partial charge is 0.168 e. The largest absolute Gasteiger partial charge is 0.314 e. The summed E-state index contributed by atoms with van der Waals surface area (Å²) in [6.45, 7) is 0.625. The highest BCUT2D eigenvalue weighted by molar-refractivity contribution is 5.14. The van der Waals surface area contributed by atoms with E-state index in [1.165, 1.54) is 0 Å². The number of hydrogen-bond acceptors (Lipinski definition) is 4. The molecule has 0 saturated carbocycles. The van der Waals surface area contributed by atoms with Crippen LogP contribution in [0.2, 0.25) is 0 Å². The van der Waals surface area contributed by atoms with Crippen LogP contribution in [-0.2, 0) is 11.4 Å². The third-order valence-electron chi connectivity index (χ3n) is 2.41. The fourth-order valence-corrected chi connectivity index (χ4v) is 1.62. The first-order valence-corrected chi connectivity index (χ1v) is 4.92. The van der Waals surface area contributed by atoms with E-state index in [1.54, 1.807) is 5.06 Å². The van der Waals surface area contributed by atoms with E-state index < -0.39 is 6.10 Å². The lowest BCUT2D eigenvalue weighted by Crippen LogP contribution is -2.34. The molecule has 2 N–H and O–H groups in total. The molecule has 0 bridgehead atoms. The molecule has 1 saturated heterocycles. The molecule has 1 fully saturated rings. The van der Waals surface area contributed by atoms with Crippen LogP contribution in [-0.4, -0.2) is 17.3 Å². The average molecular weight is 203 g/mol. The molecule has 1 aliphatic heterocycles. The molecule has 4 heteroatoms. The first kappa shape index (κ1) is 10.1. The summed E-state index contributed by atoms with van der Waals surface area (Å²) in [5.74, 6) is 0. The van der Waals surface area contributed by atoms with Crippen molar-refractivity contribution in [3.05, 3.63) is 35.9 Å². The fraction of sp³-hybridized carbons (Fsp3) is 0.364. The molecule has 1 heterocycles. The van der Waals surface area contributed by atoms with E-state index in [2.05, 4.69) is 6.07 Å². The highest BCUT2D eigenvalue weighted by atomic mass is 16.7. The van der Waals surface area contributed by atoms with Gasteiger partial charge in [-0.05, 0) is 5.56 Å². The highest BCUT2D eigenvalue weighted by Gasteiger charge is 2.30. The van der Waals surface area contributed by atoms with Gasteiger partial charge in [-0.25, -0.2) is 0 Å². The summed E-state index contributed by atoms with van der Waals surface area (Å²) in [5.41, 5.74) is 6.97. The van der Waals surface area contributed by atoms with Gasteiger partial charge >= 0.3 is 0 Å². The minimum Gasteiger partial charge on any atom is -0.314 e. The molecule has 0 radical (unpaired) electrons. The Labute approximate surface area is 88.8 Å². The average Bonchev–Trinajstić information content (AvgIpc) is 2.61. The van der Waals surface area contributed by atoms with Crippen molar-refractivity contribution in [2.24, 2.45) is 5.73 Å². The summed E-state index contributed by atoms with van der Waals surface area (Å²) in [6.07, 6.45) is -0.0119. The molecular formula is C11H13N3O. The van der Waals surface area contributed by atoms with Gasteiger partial charge in [0.2, 0.25) is 0 Å². The van der Waals surface area contributed by atoms with Crippen molar-refractivity contribution in [1.29, 1.82) is 5.26 Å². The first-order valence-electron chi connectivity index (χ1n) is 4.92. The number of hydroxylamine groups is 2. The van der Waals surface area contributed by atoms with Crippen molar-refractivity contribution >= 4 is 0 Å². The van der Waals surface area contributed by atoms with Crippen molar-refractivity contribution in [2.75, 3.05) is 0 Å². The van der Waals surface area contributed by atoms with Gasteiger partial charge < -0.3 is 5.73 Å². The van der Waals surface area contributed by atoms with Crippen molar-refractivity contribution < 1.29 is 4.84 Å². The monoisotopic (exact) mass is 203 g/mol. The number of nitrogens with zero attached hydrogens (tertiary/aromatic N) is 2. The molecule has 78 valence electrons. The number of nitriles is 1. The number of benzene rings is 1. The lowest BCUT2D eigenvalue weighted by molar-refractivity contribution is -0.155. The van der Waals surface area contributed by atoms with Crippen molar-refractivity contribution in [2.45, 2.75) is 25.2 Å². The minimum atomic E-state index is -0.399. The molecule has 2 rings (SSSR count). The summed E-state index contributed by atoms with van der Waals surface area (Å²) >= 11 is 0. The van der Waals surface area contributed by atoms with Gasteiger partial charge in [-0.2, -0.15) is 10.3 Å². The molecular weight excluding hydrogens is 190 g/mol. The standard InChI is InChI=1S/C11H13N3O/c12-7-10-6-11(13)14(15-10)8-9-4-2-1-3-5-9/h1-5,10-11H,6,8,13H2/t10?,11-/m0/s1. The van der Waals surface area contributed by atoms with E-state index >= 15 is 0 Å². The zero-order chi connectivity index (χ0) is 10.7. The zero-order valence-electron chi connectivity index (χ0n) is 8.34. The number of hydrogen-bond donors (Lipinski definition) is 1. The molecule has 1 aromatic carbocycles. The fourth-order valence-electron chi connectivity index (χ4n) is 1.62. The molecule has 1 unspecified atom stereocenters. The van der Waals surface area contributed by atoms with Crippen LogP contribution in [0.15, 0.2) is 30.3 Å². The second kappa shape index (κ2) is 4.41. The Morgan fingerprint density at radius 1 is 1.47 bits per heavy atom. The van der Waals surface area contributed by atoms with E-state index in [9.17, 15) is 0 Å². The van der Waals surface area contributed by atoms with Crippen molar-refractivity contribution in [3.8, 4) is 6.07 Å². The van der Waals surface area contributed by atoms with Gasteiger partial charge in [0.05, 0.1) is 18.8 Å².